The molecular weight excluding hydrogens is 270 g/mol. The zero-order valence-electron chi connectivity index (χ0n) is 12.6. The summed E-state index contributed by atoms with van der Waals surface area (Å²) in [5.41, 5.74) is 1.56. The van der Waals surface area contributed by atoms with Crippen molar-refractivity contribution in [2.24, 2.45) is 5.41 Å². The van der Waals surface area contributed by atoms with Crippen LogP contribution < -0.4 is 5.32 Å². The van der Waals surface area contributed by atoms with Crippen LogP contribution in [-0.2, 0) is 9.84 Å². The highest BCUT2D eigenvalue weighted by atomic mass is 32.2. The minimum atomic E-state index is -2.86. The molecule has 0 radical (unpaired) electrons. The van der Waals surface area contributed by atoms with Crippen LogP contribution in [-0.4, -0.2) is 32.5 Å². The van der Waals surface area contributed by atoms with Crippen molar-refractivity contribution >= 4 is 9.84 Å². The van der Waals surface area contributed by atoms with Gasteiger partial charge in [0.2, 0.25) is 0 Å². The first-order valence-electron chi connectivity index (χ1n) is 7.35. The van der Waals surface area contributed by atoms with E-state index < -0.39 is 9.84 Å². The fourth-order valence-electron chi connectivity index (χ4n) is 3.06. The highest BCUT2D eigenvalue weighted by Gasteiger charge is 2.48. The van der Waals surface area contributed by atoms with Crippen LogP contribution in [0.4, 0.5) is 0 Å². The second-order valence-corrected chi connectivity index (χ2v) is 8.74. The molecule has 1 aliphatic rings. The molecule has 20 heavy (non-hydrogen) atoms. The van der Waals surface area contributed by atoms with E-state index in [0.29, 0.717) is 18.5 Å². The summed E-state index contributed by atoms with van der Waals surface area (Å²) in [5.74, 6) is 1.03. The molecule has 112 valence electrons. The van der Waals surface area contributed by atoms with E-state index in [1.165, 1.54) is 5.56 Å². The van der Waals surface area contributed by atoms with Gasteiger partial charge in [-0.25, -0.2) is 8.42 Å². The number of sulfone groups is 1. The molecule has 2 rings (SSSR count). The molecule has 0 bridgehead atoms. The maximum atomic E-state index is 11.5. The van der Waals surface area contributed by atoms with Crippen LogP contribution >= 0.6 is 0 Å². The van der Waals surface area contributed by atoms with E-state index in [0.717, 1.165) is 6.42 Å². The summed E-state index contributed by atoms with van der Waals surface area (Å²) in [4.78, 5) is 0. The lowest BCUT2D eigenvalue weighted by Crippen LogP contribution is -2.56. The zero-order chi connectivity index (χ0) is 14.8. The monoisotopic (exact) mass is 295 g/mol. The quantitative estimate of drug-likeness (QED) is 0.877. The van der Waals surface area contributed by atoms with Crippen molar-refractivity contribution in [3.05, 3.63) is 35.9 Å². The van der Waals surface area contributed by atoms with Gasteiger partial charge in [0, 0.05) is 18.3 Å². The molecule has 1 fully saturated rings. The van der Waals surface area contributed by atoms with Gasteiger partial charge in [0.15, 0.2) is 9.84 Å². The smallest absolute Gasteiger partial charge is 0.151 e. The fourth-order valence-corrected chi connectivity index (χ4v) is 3.77. The Morgan fingerprint density at radius 3 is 2.45 bits per heavy atom. The molecule has 0 aromatic heterocycles. The van der Waals surface area contributed by atoms with Crippen molar-refractivity contribution in [2.75, 3.05) is 18.1 Å². The lowest BCUT2D eigenvalue weighted by Gasteiger charge is -2.53. The minimum absolute atomic E-state index is 0.178. The summed E-state index contributed by atoms with van der Waals surface area (Å²) < 4.78 is 23.0. The van der Waals surface area contributed by atoms with E-state index in [1.807, 2.05) is 6.07 Å². The van der Waals surface area contributed by atoms with Crippen LogP contribution in [0.2, 0.25) is 0 Å². The predicted molar refractivity (Wildman–Crippen MR) is 83.7 cm³/mol. The van der Waals surface area contributed by atoms with Crippen molar-refractivity contribution in [2.45, 2.75) is 39.2 Å². The first-order chi connectivity index (χ1) is 9.37. The highest BCUT2D eigenvalue weighted by molar-refractivity contribution is 7.91. The second-order valence-electron chi connectivity index (χ2n) is 6.26. The van der Waals surface area contributed by atoms with Crippen LogP contribution in [0.3, 0.4) is 0 Å². The number of benzene rings is 1. The fraction of sp³-hybridized carbons (Fsp3) is 0.625. The zero-order valence-corrected chi connectivity index (χ0v) is 13.4. The van der Waals surface area contributed by atoms with Gasteiger partial charge in [0.25, 0.3) is 0 Å². The molecule has 2 atom stereocenters. The van der Waals surface area contributed by atoms with Crippen LogP contribution in [0.1, 0.15) is 38.7 Å². The summed E-state index contributed by atoms with van der Waals surface area (Å²) in [6, 6.07) is 11.0. The van der Waals surface area contributed by atoms with Crippen molar-refractivity contribution < 1.29 is 8.42 Å². The van der Waals surface area contributed by atoms with Crippen LogP contribution in [0, 0.1) is 5.41 Å². The van der Waals surface area contributed by atoms with E-state index in [2.05, 4.69) is 43.4 Å². The lowest BCUT2D eigenvalue weighted by atomic mass is 9.56. The molecule has 0 saturated heterocycles. The third kappa shape index (κ3) is 3.23. The summed E-state index contributed by atoms with van der Waals surface area (Å²) >= 11 is 0. The van der Waals surface area contributed by atoms with Crippen molar-refractivity contribution in [3.63, 3.8) is 0 Å². The molecule has 0 aliphatic heterocycles. The largest absolute Gasteiger partial charge is 0.312 e. The molecule has 0 unspecified atom stereocenters. The molecule has 4 heteroatoms. The highest BCUT2D eigenvalue weighted by Crippen LogP contribution is 2.52. The molecule has 1 aromatic carbocycles. The molecule has 0 heterocycles. The Balaban J connectivity index is 1.89. The third-order valence-electron chi connectivity index (χ3n) is 4.71. The Kier molecular flexibility index (Phi) is 4.55. The Morgan fingerprint density at radius 2 is 1.90 bits per heavy atom. The van der Waals surface area contributed by atoms with Gasteiger partial charge in [-0.1, -0.05) is 51.1 Å². The lowest BCUT2D eigenvalue weighted by molar-refractivity contribution is 0.0708. The summed E-state index contributed by atoms with van der Waals surface area (Å²) in [7, 11) is -2.86. The minimum Gasteiger partial charge on any atom is -0.312 e. The maximum Gasteiger partial charge on any atom is 0.151 e. The van der Waals surface area contributed by atoms with Gasteiger partial charge in [-0.2, -0.15) is 0 Å². The van der Waals surface area contributed by atoms with E-state index in [1.54, 1.807) is 6.92 Å². The van der Waals surface area contributed by atoms with Crippen LogP contribution in [0.5, 0.6) is 0 Å². The van der Waals surface area contributed by atoms with Gasteiger partial charge in [-0.3, -0.25) is 0 Å². The standard InChI is InChI=1S/C16H25NO2S/c1-4-20(18,19)11-10-17-15-12-14(16(15,2)3)13-8-6-5-7-9-13/h5-9,14-15,17H,4,10-12H2,1-3H3/t14-,15+/m1/s1. The molecule has 0 amide bonds. The van der Waals surface area contributed by atoms with Gasteiger partial charge >= 0.3 is 0 Å². The Morgan fingerprint density at radius 1 is 1.25 bits per heavy atom. The van der Waals surface area contributed by atoms with Gasteiger partial charge in [-0.15, -0.1) is 0 Å². The van der Waals surface area contributed by atoms with Crippen LogP contribution in [0.15, 0.2) is 30.3 Å². The Hall–Kier alpha value is -0.870. The van der Waals surface area contributed by atoms with Gasteiger partial charge in [0.05, 0.1) is 5.75 Å². The molecule has 1 N–H and O–H groups in total. The van der Waals surface area contributed by atoms with E-state index in [9.17, 15) is 8.42 Å². The number of hydrogen-bond acceptors (Lipinski definition) is 3. The first kappa shape index (κ1) is 15.5. The average Bonchev–Trinajstić information content (AvgIpc) is 2.43. The first-order valence-corrected chi connectivity index (χ1v) is 9.17. The average molecular weight is 295 g/mol. The predicted octanol–water partition coefficient (Wildman–Crippen LogP) is 2.59. The van der Waals surface area contributed by atoms with E-state index in [4.69, 9.17) is 0 Å². The Labute approximate surface area is 122 Å². The summed E-state index contributed by atoms with van der Waals surface area (Å²) in [6.45, 7) is 6.79. The van der Waals surface area contributed by atoms with E-state index >= 15 is 0 Å². The van der Waals surface area contributed by atoms with Crippen molar-refractivity contribution in [1.82, 2.24) is 5.32 Å². The molecule has 1 saturated carbocycles. The van der Waals surface area contributed by atoms with Gasteiger partial charge in [-0.05, 0) is 23.3 Å². The second kappa shape index (κ2) is 5.86. The molecule has 0 spiro atoms. The topological polar surface area (TPSA) is 46.2 Å². The van der Waals surface area contributed by atoms with Gasteiger partial charge < -0.3 is 5.32 Å². The number of nitrogens with one attached hydrogen (secondary N) is 1. The van der Waals surface area contributed by atoms with Crippen LogP contribution in [0.25, 0.3) is 0 Å². The van der Waals surface area contributed by atoms with Gasteiger partial charge in [0.1, 0.15) is 0 Å². The summed E-state index contributed by atoms with van der Waals surface area (Å²) in [5, 5.41) is 3.42. The van der Waals surface area contributed by atoms with Crippen molar-refractivity contribution in [1.29, 1.82) is 0 Å². The molecular formula is C16H25NO2S. The number of hydrogen-bond donors (Lipinski definition) is 1. The summed E-state index contributed by atoms with van der Waals surface area (Å²) in [6.07, 6.45) is 1.09. The number of rotatable bonds is 6. The normalized spacial score (nSPS) is 25.1. The molecule has 1 aromatic rings. The van der Waals surface area contributed by atoms with E-state index in [-0.39, 0.29) is 16.9 Å². The molecule has 3 nitrogen and oxygen atoms in total. The third-order valence-corrected chi connectivity index (χ3v) is 6.42. The molecule has 1 aliphatic carbocycles. The maximum absolute atomic E-state index is 11.5. The SMILES string of the molecule is CCS(=O)(=O)CCN[C@H]1C[C@H](c2ccccc2)C1(C)C. The Bertz CT molecular complexity index is 537. The van der Waals surface area contributed by atoms with Crippen molar-refractivity contribution in [3.8, 4) is 0 Å².